The molecule has 19 heavy (non-hydrogen) atoms. The fraction of sp³-hybridized carbons (Fsp3) is 0.286. The second kappa shape index (κ2) is 7.07. The van der Waals surface area contributed by atoms with E-state index in [9.17, 15) is 0 Å². The molecule has 1 heterocycles. The SMILES string of the molecule is OCCCCNc1cc(Cl)nc(-c2ccccc2)n1. The van der Waals surface area contributed by atoms with E-state index in [0.717, 1.165) is 24.9 Å². The molecular weight excluding hydrogens is 262 g/mol. The molecule has 2 N–H and O–H groups in total. The van der Waals surface area contributed by atoms with Crippen LogP contribution in [0.1, 0.15) is 12.8 Å². The molecule has 2 rings (SSSR count). The third-order valence-electron chi connectivity index (χ3n) is 2.62. The van der Waals surface area contributed by atoms with E-state index >= 15 is 0 Å². The highest BCUT2D eigenvalue weighted by Crippen LogP contribution is 2.19. The topological polar surface area (TPSA) is 58.0 Å². The van der Waals surface area contributed by atoms with Gasteiger partial charge in [0.25, 0.3) is 0 Å². The molecule has 0 aliphatic carbocycles. The van der Waals surface area contributed by atoms with Crippen molar-refractivity contribution in [2.45, 2.75) is 12.8 Å². The van der Waals surface area contributed by atoms with Gasteiger partial charge in [-0.1, -0.05) is 41.9 Å². The van der Waals surface area contributed by atoms with E-state index in [-0.39, 0.29) is 6.61 Å². The predicted octanol–water partition coefficient (Wildman–Crippen LogP) is 2.98. The highest BCUT2D eigenvalue weighted by molar-refractivity contribution is 6.29. The maximum atomic E-state index is 8.73. The fourth-order valence-electron chi connectivity index (χ4n) is 1.68. The van der Waals surface area contributed by atoms with Crippen LogP contribution in [0.2, 0.25) is 5.15 Å². The second-order valence-corrected chi connectivity index (χ2v) is 4.51. The molecule has 0 unspecified atom stereocenters. The number of nitrogens with one attached hydrogen (secondary N) is 1. The van der Waals surface area contributed by atoms with Crippen molar-refractivity contribution < 1.29 is 5.11 Å². The van der Waals surface area contributed by atoms with Crippen LogP contribution >= 0.6 is 11.6 Å². The molecule has 0 aliphatic rings. The van der Waals surface area contributed by atoms with Crippen molar-refractivity contribution in [3.63, 3.8) is 0 Å². The van der Waals surface area contributed by atoms with Crippen LogP contribution in [-0.4, -0.2) is 28.2 Å². The number of hydrogen-bond acceptors (Lipinski definition) is 4. The van der Waals surface area contributed by atoms with Gasteiger partial charge in [-0.3, -0.25) is 0 Å². The van der Waals surface area contributed by atoms with Gasteiger partial charge >= 0.3 is 0 Å². The van der Waals surface area contributed by atoms with E-state index in [1.165, 1.54) is 0 Å². The quantitative estimate of drug-likeness (QED) is 0.629. The van der Waals surface area contributed by atoms with Gasteiger partial charge in [-0.15, -0.1) is 0 Å². The summed E-state index contributed by atoms with van der Waals surface area (Å²) < 4.78 is 0. The van der Waals surface area contributed by atoms with Gasteiger partial charge in [0.15, 0.2) is 5.82 Å². The summed E-state index contributed by atoms with van der Waals surface area (Å²) in [6, 6.07) is 11.4. The summed E-state index contributed by atoms with van der Waals surface area (Å²) in [6.45, 7) is 0.962. The normalized spacial score (nSPS) is 10.4. The molecule has 2 aromatic rings. The Kier molecular flexibility index (Phi) is 5.12. The molecule has 0 bridgehead atoms. The first-order chi connectivity index (χ1) is 9.29. The molecule has 0 fully saturated rings. The Bertz CT molecular complexity index is 519. The molecular formula is C14H16ClN3O. The Morgan fingerprint density at radius 3 is 2.63 bits per heavy atom. The maximum Gasteiger partial charge on any atom is 0.163 e. The molecule has 1 aromatic heterocycles. The monoisotopic (exact) mass is 277 g/mol. The number of aliphatic hydroxyl groups is 1. The van der Waals surface area contributed by atoms with E-state index in [4.69, 9.17) is 16.7 Å². The van der Waals surface area contributed by atoms with E-state index in [2.05, 4.69) is 15.3 Å². The first kappa shape index (κ1) is 13.8. The zero-order valence-electron chi connectivity index (χ0n) is 10.5. The van der Waals surface area contributed by atoms with Crippen LogP contribution in [-0.2, 0) is 0 Å². The van der Waals surface area contributed by atoms with Crippen LogP contribution in [0, 0.1) is 0 Å². The number of nitrogens with zero attached hydrogens (tertiary/aromatic N) is 2. The average Bonchev–Trinajstić information content (AvgIpc) is 2.44. The van der Waals surface area contributed by atoms with Crippen LogP contribution < -0.4 is 5.32 Å². The Morgan fingerprint density at radius 1 is 1.11 bits per heavy atom. The Labute approximate surface area is 117 Å². The fourth-order valence-corrected chi connectivity index (χ4v) is 1.86. The third kappa shape index (κ3) is 4.19. The zero-order chi connectivity index (χ0) is 13.5. The molecule has 4 nitrogen and oxygen atoms in total. The number of halogens is 1. The van der Waals surface area contributed by atoms with E-state index < -0.39 is 0 Å². The molecule has 5 heteroatoms. The number of anilines is 1. The molecule has 0 atom stereocenters. The minimum atomic E-state index is 0.210. The lowest BCUT2D eigenvalue weighted by atomic mass is 10.2. The van der Waals surface area contributed by atoms with Crippen molar-refractivity contribution >= 4 is 17.4 Å². The van der Waals surface area contributed by atoms with Crippen LogP contribution in [0.25, 0.3) is 11.4 Å². The summed E-state index contributed by atoms with van der Waals surface area (Å²) in [6.07, 6.45) is 1.66. The number of aliphatic hydroxyl groups excluding tert-OH is 1. The Morgan fingerprint density at radius 2 is 1.89 bits per heavy atom. The van der Waals surface area contributed by atoms with E-state index in [0.29, 0.717) is 16.8 Å². The van der Waals surface area contributed by atoms with Crippen molar-refractivity contribution in [1.82, 2.24) is 9.97 Å². The Hall–Kier alpha value is -1.65. The average molecular weight is 278 g/mol. The first-order valence-electron chi connectivity index (χ1n) is 6.24. The lowest BCUT2D eigenvalue weighted by Gasteiger charge is -2.07. The molecule has 0 saturated heterocycles. The minimum absolute atomic E-state index is 0.210. The zero-order valence-corrected chi connectivity index (χ0v) is 11.3. The van der Waals surface area contributed by atoms with Crippen LogP contribution in [0.5, 0.6) is 0 Å². The number of rotatable bonds is 6. The highest BCUT2D eigenvalue weighted by Gasteiger charge is 2.05. The van der Waals surface area contributed by atoms with E-state index in [1.807, 2.05) is 30.3 Å². The van der Waals surface area contributed by atoms with Crippen molar-refractivity contribution in [2.75, 3.05) is 18.5 Å². The summed E-state index contributed by atoms with van der Waals surface area (Å²) in [5, 5.41) is 12.3. The lowest BCUT2D eigenvalue weighted by molar-refractivity contribution is 0.286. The van der Waals surface area contributed by atoms with E-state index in [1.54, 1.807) is 6.07 Å². The standard InChI is InChI=1S/C14H16ClN3O/c15-12-10-13(16-8-4-5-9-19)18-14(17-12)11-6-2-1-3-7-11/h1-3,6-7,10,19H,4-5,8-9H2,(H,16,17,18). The van der Waals surface area contributed by atoms with Crippen molar-refractivity contribution in [3.8, 4) is 11.4 Å². The van der Waals surface area contributed by atoms with Gasteiger partial charge in [0, 0.05) is 24.8 Å². The number of benzene rings is 1. The van der Waals surface area contributed by atoms with Crippen LogP contribution in [0.3, 0.4) is 0 Å². The summed E-state index contributed by atoms with van der Waals surface area (Å²) in [4.78, 5) is 8.66. The van der Waals surface area contributed by atoms with Gasteiger partial charge in [-0.2, -0.15) is 0 Å². The van der Waals surface area contributed by atoms with Gasteiger partial charge in [-0.05, 0) is 12.8 Å². The second-order valence-electron chi connectivity index (χ2n) is 4.12. The smallest absolute Gasteiger partial charge is 0.163 e. The summed E-state index contributed by atoms with van der Waals surface area (Å²) >= 11 is 6.01. The first-order valence-corrected chi connectivity index (χ1v) is 6.62. The van der Waals surface area contributed by atoms with Crippen molar-refractivity contribution in [2.24, 2.45) is 0 Å². The highest BCUT2D eigenvalue weighted by atomic mass is 35.5. The molecule has 0 saturated carbocycles. The molecule has 0 aliphatic heterocycles. The maximum absolute atomic E-state index is 8.73. The molecule has 100 valence electrons. The van der Waals surface area contributed by atoms with Gasteiger partial charge in [-0.25, -0.2) is 9.97 Å². The van der Waals surface area contributed by atoms with Crippen molar-refractivity contribution in [3.05, 3.63) is 41.6 Å². The van der Waals surface area contributed by atoms with Gasteiger partial charge in [0.2, 0.25) is 0 Å². The van der Waals surface area contributed by atoms with Crippen molar-refractivity contribution in [1.29, 1.82) is 0 Å². The number of aromatic nitrogens is 2. The summed E-state index contributed by atoms with van der Waals surface area (Å²) in [7, 11) is 0. The minimum Gasteiger partial charge on any atom is -0.396 e. The Balaban J connectivity index is 2.11. The van der Waals surface area contributed by atoms with Crippen LogP contribution in [0.4, 0.5) is 5.82 Å². The molecule has 0 radical (unpaired) electrons. The third-order valence-corrected chi connectivity index (χ3v) is 2.81. The predicted molar refractivity (Wildman–Crippen MR) is 77.3 cm³/mol. The molecule has 0 spiro atoms. The molecule has 0 amide bonds. The largest absolute Gasteiger partial charge is 0.396 e. The molecule has 1 aromatic carbocycles. The summed E-state index contributed by atoms with van der Waals surface area (Å²) in [5.41, 5.74) is 0.934. The van der Waals surface area contributed by atoms with Gasteiger partial charge in [0.1, 0.15) is 11.0 Å². The lowest BCUT2D eigenvalue weighted by Crippen LogP contribution is -2.05. The summed E-state index contributed by atoms with van der Waals surface area (Å²) in [5.74, 6) is 1.31. The number of hydrogen-bond donors (Lipinski definition) is 2. The number of unbranched alkanes of at least 4 members (excludes halogenated alkanes) is 1. The van der Waals surface area contributed by atoms with Gasteiger partial charge in [0.05, 0.1) is 0 Å². The van der Waals surface area contributed by atoms with Gasteiger partial charge < -0.3 is 10.4 Å². The van der Waals surface area contributed by atoms with Crippen LogP contribution in [0.15, 0.2) is 36.4 Å².